The third-order valence-corrected chi connectivity index (χ3v) is 3.43. The summed E-state index contributed by atoms with van der Waals surface area (Å²) in [5.74, 6) is 1.64. The number of fused-ring (bicyclic) bond motifs is 1. The molecule has 2 heterocycles. The standard InChI is InChI=1S/C12H16N4/c13-9-6-7-14-12-10(9)15-11(16-12)8-4-2-1-3-5-8/h6-8H,1-5H2,(H3,13,14,15,16). The zero-order valence-electron chi connectivity index (χ0n) is 9.24. The monoisotopic (exact) mass is 216 g/mol. The first-order valence-corrected chi connectivity index (χ1v) is 5.94. The summed E-state index contributed by atoms with van der Waals surface area (Å²) in [5.41, 5.74) is 8.27. The molecule has 0 aromatic carbocycles. The largest absolute Gasteiger partial charge is 0.397 e. The molecule has 4 nitrogen and oxygen atoms in total. The molecular formula is C12H16N4. The molecule has 2 aromatic heterocycles. The number of nitrogens with zero attached hydrogens (tertiary/aromatic N) is 2. The highest BCUT2D eigenvalue weighted by Crippen LogP contribution is 2.32. The minimum Gasteiger partial charge on any atom is -0.397 e. The van der Waals surface area contributed by atoms with Gasteiger partial charge >= 0.3 is 0 Å². The summed E-state index contributed by atoms with van der Waals surface area (Å²) < 4.78 is 0. The van der Waals surface area contributed by atoms with Gasteiger partial charge in [-0.05, 0) is 18.9 Å². The lowest BCUT2D eigenvalue weighted by atomic mass is 9.89. The van der Waals surface area contributed by atoms with Crippen molar-refractivity contribution < 1.29 is 0 Å². The van der Waals surface area contributed by atoms with Gasteiger partial charge in [-0.15, -0.1) is 0 Å². The van der Waals surface area contributed by atoms with Crippen LogP contribution in [0.25, 0.3) is 11.2 Å². The molecule has 0 bridgehead atoms. The molecule has 2 aromatic rings. The molecule has 3 N–H and O–H groups in total. The molecule has 0 saturated heterocycles. The van der Waals surface area contributed by atoms with Gasteiger partial charge in [0.25, 0.3) is 0 Å². The van der Waals surface area contributed by atoms with E-state index >= 15 is 0 Å². The second-order valence-corrected chi connectivity index (χ2v) is 4.56. The van der Waals surface area contributed by atoms with Gasteiger partial charge in [-0.2, -0.15) is 0 Å². The number of pyridine rings is 1. The molecule has 0 atom stereocenters. The van der Waals surface area contributed by atoms with Crippen molar-refractivity contribution in [1.29, 1.82) is 0 Å². The molecule has 4 heteroatoms. The minimum absolute atomic E-state index is 0.572. The second-order valence-electron chi connectivity index (χ2n) is 4.56. The van der Waals surface area contributed by atoms with E-state index in [1.54, 1.807) is 6.20 Å². The van der Waals surface area contributed by atoms with Crippen LogP contribution in [0, 0.1) is 0 Å². The van der Waals surface area contributed by atoms with Crippen molar-refractivity contribution in [3.8, 4) is 0 Å². The van der Waals surface area contributed by atoms with Crippen LogP contribution >= 0.6 is 0 Å². The SMILES string of the molecule is Nc1ccnc2nc(C3CCCCC3)[nH]c12. The summed E-state index contributed by atoms with van der Waals surface area (Å²) >= 11 is 0. The summed E-state index contributed by atoms with van der Waals surface area (Å²) in [7, 11) is 0. The van der Waals surface area contributed by atoms with Gasteiger partial charge in [0.05, 0.1) is 5.69 Å². The van der Waals surface area contributed by atoms with Crippen LogP contribution in [0.4, 0.5) is 5.69 Å². The van der Waals surface area contributed by atoms with Gasteiger partial charge in [0.15, 0.2) is 5.65 Å². The van der Waals surface area contributed by atoms with E-state index in [0.29, 0.717) is 5.92 Å². The lowest BCUT2D eigenvalue weighted by Gasteiger charge is -2.18. The van der Waals surface area contributed by atoms with Gasteiger partial charge in [-0.25, -0.2) is 9.97 Å². The third-order valence-electron chi connectivity index (χ3n) is 3.43. The third kappa shape index (κ3) is 1.54. The number of nitrogen functional groups attached to an aromatic ring is 1. The van der Waals surface area contributed by atoms with Crippen molar-refractivity contribution in [2.45, 2.75) is 38.0 Å². The molecular weight excluding hydrogens is 200 g/mol. The number of anilines is 1. The predicted octanol–water partition coefficient (Wildman–Crippen LogP) is 2.59. The van der Waals surface area contributed by atoms with Gasteiger partial charge in [0.2, 0.25) is 0 Å². The van der Waals surface area contributed by atoms with Crippen LogP contribution in [0.3, 0.4) is 0 Å². The van der Waals surface area contributed by atoms with Crippen LogP contribution in [0.5, 0.6) is 0 Å². The number of aromatic amines is 1. The van der Waals surface area contributed by atoms with Crippen LogP contribution in [0.15, 0.2) is 12.3 Å². The summed E-state index contributed by atoms with van der Waals surface area (Å²) in [5, 5.41) is 0. The fraction of sp³-hybridized carbons (Fsp3) is 0.500. The Morgan fingerprint density at radius 2 is 2.06 bits per heavy atom. The van der Waals surface area contributed by atoms with Crippen LogP contribution in [0.2, 0.25) is 0 Å². The fourth-order valence-electron chi connectivity index (χ4n) is 2.52. The molecule has 1 aliphatic rings. The zero-order chi connectivity index (χ0) is 11.0. The number of H-pyrrole nitrogens is 1. The normalized spacial score (nSPS) is 18.0. The average Bonchev–Trinajstić information content (AvgIpc) is 2.76. The number of hydrogen-bond donors (Lipinski definition) is 2. The lowest BCUT2D eigenvalue weighted by Crippen LogP contribution is -2.05. The summed E-state index contributed by atoms with van der Waals surface area (Å²) in [6.07, 6.45) is 8.16. The number of aromatic nitrogens is 3. The van der Waals surface area contributed by atoms with E-state index in [-0.39, 0.29) is 0 Å². The lowest BCUT2D eigenvalue weighted by molar-refractivity contribution is 0.431. The molecule has 0 aliphatic heterocycles. The molecule has 1 fully saturated rings. The van der Waals surface area contributed by atoms with E-state index < -0.39 is 0 Å². The maximum atomic E-state index is 5.89. The van der Waals surface area contributed by atoms with E-state index in [1.807, 2.05) is 6.07 Å². The average molecular weight is 216 g/mol. The van der Waals surface area contributed by atoms with Crippen LogP contribution in [-0.4, -0.2) is 15.0 Å². The van der Waals surface area contributed by atoms with Crippen LogP contribution < -0.4 is 5.73 Å². The molecule has 16 heavy (non-hydrogen) atoms. The first kappa shape index (κ1) is 9.63. The number of nitrogens with one attached hydrogen (secondary N) is 1. The molecule has 0 unspecified atom stereocenters. The van der Waals surface area contributed by atoms with E-state index in [1.165, 1.54) is 32.1 Å². The highest BCUT2D eigenvalue weighted by atomic mass is 15.0. The van der Waals surface area contributed by atoms with E-state index in [2.05, 4.69) is 15.0 Å². The Balaban J connectivity index is 2.01. The Kier molecular flexibility index (Phi) is 2.27. The van der Waals surface area contributed by atoms with E-state index in [9.17, 15) is 0 Å². The van der Waals surface area contributed by atoms with Crippen molar-refractivity contribution in [3.63, 3.8) is 0 Å². The highest BCUT2D eigenvalue weighted by Gasteiger charge is 2.19. The van der Waals surface area contributed by atoms with Crippen molar-refractivity contribution >= 4 is 16.9 Å². The predicted molar refractivity (Wildman–Crippen MR) is 64.1 cm³/mol. The first-order valence-electron chi connectivity index (χ1n) is 5.94. The maximum Gasteiger partial charge on any atom is 0.179 e. The first-order chi connectivity index (χ1) is 7.84. The fourth-order valence-corrected chi connectivity index (χ4v) is 2.52. The Labute approximate surface area is 94.3 Å². The van der Waals surface area contributed by atoms with Crippen molar-refractivity contribution in [1.82, 2.24) is 15.0 Å². The Morgan fingerprint density at radius 1 is 1.25 bits per heavy atom. The Bertz CT molecular complexity index is 497. The zero-order valence-corrected chi connectivity index (χ0v) is 9.24. The molecule has 0 radical (unpaired) electrons. The molecule has 1 saturated carbocycles. The van der Waals surface area contributed by atoms with Gasteiger partial charge in [0, 0.05) is 12.1 Å². The van der Waals surface area contributed by atoms with Gasteiger partial charge in [-0.3, -0.25) is 0 Å². The summed E-state index contributed by atoms with van der Waals surface area (Å²) in [4.78, 5) is 12.1. The number of rotatable bonds is 1. The van der Waals surface area contributed by atoms with Gasteiger partial charge < -0.3 is 10.7 Å². The molecule has 84 valence electrons. The van der Waals surface area contributed by atoms with Crippen molar-refractivity contribution in [2.75, 3.05) is 5.73 Å². The smallest absolute Gasteiger partial charge is 0.179 e. The molecule has 0 amide bonds. The number of nitrogens with two attached hydrogens (primary N) is 1. The highest BCUT2D eigenvalue weighted by molar-refractivity contribution is 5.83. The van der Waals surface area contributed by atoms with Crippen molar-refractivity contribution in [3.05, 3.63) is 18.1 Å². The summed E-state index contributed by atoms with van der Waals surface area (Å²) in [6.45, 7) is 0. The van der Waals surface area contributed by atoms with E-state index in [4.69, 9.17) is 5.73 Å². The number of imidazole rings is 1. The minimum atomic E-state index is 0.572. The number of hydrogen-bond acceptors (Lipinski definition) is 3. The Morgan fingerprint density at radius 3 is 2.81 bits per heavy atom. The van der Waals surface area contributed by atoms with Crippen molar-refractivity contribution in [2.24, 2.45) is 0 Å². The van der Waals surface area contributed by atoms with Crippen LogP contribution in [-0.2, 0) is 0 Å². The molecule has 3 rings (SSSR count). The Hall–Kier alpha value is -1.58. The van der Waals surface area contributed by atoms with Crippen LogP contribution in [0.1, 0.15) is 43.8 Å². The van der Waals surface area contributed by atoms with E-state index in [0.717, 1.165) is 22.7 Å². The maximum absolute atomic E-state index is 5.89. The molecule has 0 spiro atoms. The quantitative estimate of drug-likeness (QED) is 0.769. The summed E-state index contributed by atoms with van der Waals surface area (Å²) in [6, 6.07) is 1.81. The molecule has 1 aliphatic carbocycles. The topological polar surface area (TPSA) is 67.6 Å². The van der Waals surface area contributed by atoms with Gasteiger partial charge in [0.1, 0.15) is 11.3 Å². The van der Waals surface area contributed by atoms with Gasteiger partial charge in [-0.1, -0.05) is 19.3 Å². The second kappa shape index (κ2) is 3.77.